The van der Waals surface area contributed by atoms with E-state index in [0.717, 1.165) is 35.8 Å². The Balaban J connectivity index is 0.000000886. The standard InChI is InChI=1S/C25H24FNO5S.C2H5NO/c1-33(29,30)27-25(28)20-7-8-21(24(26)14-20)16-32-23-4-2-3-19(13-23)18-9-11-22(12-10-18)31-15-17-5-6-17;1-3-2-4/h2-4,7-14,17H,5-6,15-16H2,1H3,(H,27,28);2H,1H3,(H,3,4). The minimum atomic E-state index is -3.73. The minimum Gasteiger partial charge on any atom is -0.493 e. The van der Waals surface area contributed by atoms with Crippen molar-refractivity contribution in [1.29, 1.82) is 0 Å². The molecule has 37 heavy (non-hydrogen) atoms. The number of benzene rings is 3. The van der Waals surface area contributed by atoms with Crippen molar-refractivity contribution >= 4 is 22.3 Å². The molecule has 2 amide bonds. The summed E-state index contributed by atoms with van der Waals surface area (Å²) in [5.41, 5.74) is 2.11. The third-order valence-corrected chi connectivity index (χ3v) is 5.87. The number of nitrogens with one attached hydrogen (secondary N) is 2. The van der Waals surface area contributed by atoms with Crippen molar-refractivity contribution in [3.05, 3.63) is 83.7 Å². The molecule has 1 aliphatic rings. The second-order valence-corrected chi connectivity index (χ2v) is 10.3. The van der Waals surface area contributed by atoms with Gasteiger partial charge in [-0.2, -0.15) is 0 Å². The highest BCUT2D eigenvalue weighted by atomic mass is 32.2. The van der Waals surface area contributed by atoms with Crippen LogP contribution < -0.4 is 19.5 Å². The molecule has 0 aromatic heterocycles. The fraction of sp³-hybridized carbons (Fsp3) is 0.259. The van der Waals surface area contributed by atoms with E-state index in [4.69, 9.17) is 14.3 Å². The van der Waals surface area contributed by atoms with E-state index in [9.17, 15) is 17.6 Å². The van der Waals surface area contributed by atoms with E-state index in [2.05, 4.69) is 5.32 Å². The summed E-state index contributed by atoms with van der Waals surface area (Å²) in [6.07, 6.45) is 3.98. The van der Waals surface area contributed by atoms with Crippen molar-refractivity contribution in [3.63, 3.8) is 0 Å². The molecule has 0 saturated heterocycles. The van der Waals surface area contributed by atoms with Crippen LogP contribution in [-0.2, 0) is 21.4 Å². The van der Waals surface area contributed by atoms with Crippen molar-refractivity contribution in [2.45, 2.75) is 19.4 Å². The lowest BCUT2D eigenvalue weighted by atomic mass is 10.1. The van der Waals surface area contributed by atoms with Gasteiger partial charge in [-0.25, -0.2) is 17.5 Å². The van der Waals surface area contributed by atoms with Crippen LogP contribution in [0.5, 0.6) is 11.5 Å². The van der Waals surface area contributed by atoms with Crippen LogP contribution in [0.3, 0.4) is 0 Å². The van der Waals surface area contributed by atoms with Crippen LogP contribution in [0.15, 0.2) is 66.7 Å². The van der Waals surface area contributed by atoms with Gasteiger partial charge < -0.3 is 14.8 Å². The molecule has 0 bridgehead atoms. The Labute approximate surface area is 215 Å². The highest BCUT2D eigenvalue weighted by Crippen LogP contribution is 2.30. The second kappa shape index (κ2) is 12.9. The number of halogens is 1. The predicted molar refractivity (Wildman–Crippen MR) is 138 cm³/mol. The number of hydrogen-bond acceptors (Lipinski definition) is 6. The van der Waals surface area contributed by atoms with Gasteiger partial charge >= 0.3 is 0 Å². The van der Waals surface area contributed by atoms with Crippen LogP contribution in [0.4, 0.5) is 4.39 Å². The van der Waals surface area contributed by atoms with Gasteiger partial charge in [-0.05, 0) is 66.3 Å². The van der Waals surface area contributed by atoms with Gasteiger partial charge in [-0.1, -0.05) is 30.3 Å². The average molecular weight is 529 g/mol. The van der Waals surface area contributed by atoms with E-state index in [1.165, 1.54) is 25.0 Å². The van der Waals surface area contributed by atoms with Crippen LogP contribution in [0.1, 0.15) is 28.8 Å². The largest absolute Gasteiger partial charge is 0.493 e. The van der Waals surface area contributed by atoms with Gasteiger partial charge in [0.05, 0.1) is 12.9 Å². The summed E-state index contributed by atoms with van der Waals surface area (Å²) in [6.45, 7) is 0.722. The Morgan fingerprint density at radius 2 is 1.70 bits per heavy atom. The van der Waals surface area contributed by atoms with Gasteiger partial charge in [0.25, 0.3) is 5.91 Å². The Hall–Kier alpha value is -3.92. The molecule has 0 atom stereocenters. The first-order chi connectivity index (χ1) is 17.7. The number of amides is 2. The molecular formula is C27H29FN2O6S. The highest BCUT2D eigenvalue weighted by Gasteiger charge is 2.21. The molecule has 2 N–H and O–H groups in total. The number of ether oxygens (including phenoxy) is 2. The Morgan fingerprint density at radius 1 is 1.00 bits per heavy atom. The van der Waals surface area contributed by atoms with Crippen molar-refractivity contribution in [1.82, 2.24) is 10.0 Å². The van der Waals surface area contributed by atoms with Crippen molar-refractivity contribution in [2.75, 3.05) is 19.9 Å². The van der Waals surface area contributed by atoms with Crippen LogP contribution in [0.25, 0.3) is 11.1 Å². The first-order valence-corrected chi connectivity index (χ1v) is 13.4. The molecule has 1 aliphatic carbocycles. The van der Waals surface area contributed by atoms with Crippen LogP contribution in [0.2, 0.25) is 0 Å². The Kier molecular flexibility index (Phi) is 9.62. The SMILES string of the molecule is CNC=O.CS(=O)(=O)NC(=O)c1ccc(COc2cccc(-c3ccc(OCC4CC4)cc3)c2)c(F)c1. The molecule has 0 heterocycles. The molecule has 0 spiro atoms. The van der Waals surface area contributed by atoms with E-state index in [1.807, 2.05) is 47.2 Å². The van der Waals surface area contributed by atoms with Crippen LogP contribution in [0, 0.1) is 11.7 Å². The quantitative estimate of drug-likeness (QED) is 0.386. The highest BCUT2D eigenvalue weighted by molar-refractivity contribution is 7.89. The maximum atomic E-state index is 14.4. The second-order valence-electron chi connectivity index (χ2n) is 8.51. The summed E-state index contributed by atoms with van der Waals surface area (Å²) in [4.78, 5) is 20.9. The van der Waals surface area contributed by atoms with Crippen molar-refractivity contribution < 1.29 is 31.9 Å². The summed E-state index contributed by atoms with van der Waals surface area (Å²) in [5, 5.41) is 2.25. The normalized spacial score (nSPS) is 12.5. The zero-order valence-corrected chi connectivity index (χ0v) is 21.4. The van der Waals surface area contributed by atoms with Crippen molar-refractivity contribution in [3.8, 4) is 22.6 Å². The molecule has 8 nitrogen and oxygen atoms in total. The van der Waals surface area contributed by atoms with E-state index in [-0.39, 0.29) is 17.7 Å². The molecule has 0 unspecified atom stereocenters. The molecule has 196 valence electrons. The molecule has 0 aliphatic heterocycles. The topological polar surface area (TPSA) is 111 Å². The molecule has 3 aromatic rings. The Bertz CT molecular complexity index is 1320. The molecule has 4 rings (SSSR count). The van der Waals surface area contributed by atoms with Gasteiger partial charge in [0.2, 0.25) is 16.4 Å². The summed E-state index contributed by atoms with van der Waals surface area (Å²) < 4.78 is 50.1. The lowest BCUT2D eigenvalue weighted by Gasteiger charge is -2.11. The molecular weight excluding hydrogens is 499 g/mol. The molecule has 0 radical (unpaired) electrons. The summed E-state index contributed by atoms with van der Waals surface area (Å²) in [5.74, 6) is 0.570. The molecule has 1 fully saturated rings. The van der Waals surface area contributed by atoms with Gasteiger partial charge in [-0.3, -0.25) is 9.59 Å². The van der Waals surface area contributed by atoms with E-state index >= 15 is 0 Å². The van der Waals surface area contributed by atoms with E-state index in [1.54, 1.807) is 13.1 Å². The smallest absolute Gasteiger partial charge is 0.264 e. The van der Waals surface area contributed by atoms with Gasteiger partial charge in [-0.15, -0.1) is 0 Å². The third-order valence-electron chi connectivity index (χ3n) is 5.31. The molecule has 1 saturated carbocycles. The first kappa shape index (κ1) is 27.7. The number of carbonyl (C=O) groups excluding carboxylic acids is 2. The number of rotatable bonds is 10. The monoisotopic (exact) mass is 528 g/mol. The predicted octanol–water partition coefficient (Wildman–Crippen LogP) is 3.91. The fourth-order valence-electron chi connectivity index (χ4n) is 3.20. The van der Waals surface area contributed by atoms with Gasteiger partial charge in [0.15, 0.2) is 0 Å². The molecule has 3 aromatic carbocycles. The third kappa shape index (κ3) is 9.23. The lowest BCUT2D eigenvalue weighted by Crippen LogP contribution is -2.29. The Morgan fingerprint density at radius 3 is 2.30 bits per heavy atom. The average Bonchev–Trinajstić information content (AvgIpc) is 3.71. The number of carbonyl (C=O) groups is 2. The lowest BCUT2D eigenvalue weighted by molar-refractivity contribution is -0.109. The van der Waals surface area contributed by atoms with Crippen LogP contribution in [-0.4, -0.2) is 40.6 Å². The summed E-state index contributed by atoms with van der Waals surface area (Å²) in [7, 11) is -2.17. The van der Waals surface area contributed by atoms with Crippen LogP contribution >= 0.6 is 0 Å². The summed E-state index contributed by atoms with van der Waals surface area (Å²) >= 11 is 0. The zero-order chi connectivity index (χ0) is 26.8. The van der Waals surface area contributed by atoms with E-state index in [0.29, 0.717) is 18.1 Å². The summed E-state index contributed by atoms with van der Waals surface area (Å²) in [6, 6.07) is 19.1. The first-order valence-electron chi connectivity index (χ1n) is 11.6. The number of hydrogen-bond donors (Lipinski definition) is 2. The van der Waals surface area contributed by atoms with Crippen molar-refractivity contribution in [2.24, 2.45) is 5.92 Å². The maximum Gasteiger partial charge on any atom is 0.264 e. The zero-order valence-electron chi connectivity index (χ0n) is 20.6. The maximum absolute atomic E-state index is 14.4. The minimum absolute atomic E-state index is 0.0444. The van der Waals surface area contributed by atoms with E-state index < -0.39 is 21.7 Å². The number of sulfonamides is 1. The van der Waals surface area contributed by atoms with Gasteiger partial charge in [0, 0.05) is 18.2 Å². The fourth-order valence-corrected chi connectivity index (χ4v) is 3.66. The molecule has 10 heteroatoms. The van der Waals surface area contributed by atoms with Gasteiger partial charge in [0.1, 0.15) is 23.9 Å².